The second kappa shape index (κ2) is 4.06. The van der Waals surface area contributed by atoms with Gasteiger partial charge in [-0.3, -0.25) is 0 Å². The highest BCUT2D eigenvalue weighted by atomic mass is 14.9. The number of hydrogen-bond donors (Lipinski definition) is 1. The van der Waals surface area contributed by atoms with E-state index in [2.05, 4.69) is 42.9 Å². The first-order chi connectivity index (χ1) is 8.04. The summed E-state index contributed by atoms with van der Waals surface area (Å²) in [6, 6.07) is 6.26. The van der Waals surface area contributed by atoms with E-state index in [0.29, 0.717) is 5.69 Å². The molecule has 0 spiro atoms. The van der Waals surface area contributed by atoms with Gasteiger partial charge >= 0.3 is 0 Å². The molecular weight excluding hydrogens is 210 g/mol. The molecule has 1 heterocycles. The van der Waals surface area contributed by atoms with Crippen LogP contribution in [0.25, 0.3) is 11.3 Å². The summed E-state index contributed by atoms with van der Waals surface area (Å²) in [6.07, 6.45) is 0. The molecule has 0 aliphatic carbocycles. The van der Waals surface area contributed by atoms with Crippen molar-refractivity contribution in [2.75, 3.05) is 0 Å². The second-order valence-electron chi connectivity index (χ2n) is 4.34. The number of benzene rings is 1. The molecule has 3 nitrogen and oxygen atoms in total. The molecule has 0 amide bonds. The van der Waals surface area contributed by atoms with Gasteiger partial charge in [0.1, 0.15) is 11.9 Å². The molecule has 0 saturated heterocycles. The van der Waals surface area contributed by atoms with Crippen LogP contribution in [0, 0.1) is 39.0 Å². The van der Waals surface area contributed by atoms with Gasteiger partial charge in [-0.15, -0.1) is 0 Å². The Kier molecular flexibility index (Phi) is 2.72. The highest BCUT2D eigenvalue weighted by molar-refractivity contribution is 5.70. The van der Waals surface area contributed by atoms with Crippen molar-refractivity contribution in [1.82, 2.24) is 9.97 Å². The Bertz CT molecular complexity index is 615. The van der Waals surface area contributed by atoms with E-state index in [4.69, 9.17) is 5.26 Å². The van der Waals surface area contributed by atoms with Crippen molar-refractivity contribution in [1.29, 1.82) is 5.26 Å². The Balaban J connectivity index is 2.69. The van der Waals surface area contributed by atoms with E-state index in [-0.39, 0.29) is 0 Å². The largest absolute Gasteiger partial charge is 0.341 e. The Labute approximate surface area is 101 Å². The lowest BCUT2D eigenvalue weighted by molar-refractivity contribution is 1.14. The number of imidazole rings is 1. The fourth-order valence-electron chi connectivity index (χ4n) is 1.99. The van der Waals surface area contributed by atoms with E-state index in [1.54, 1.807) is 0 Å². The molecule has 17 heavy (non-hydrogen) atoms. The maximum Gasteiger partial charge on any atom is 0.166 e. The third-order valence-electron chi connectivity index (χ3n) is 3.26. The minimum absolute atomic E-state index is 0.467. The predicted octanol–water partition coefficient (Wildman–Crippen LogP) is 3.18. The second-order valence-corrected chi connectivity index (χ2v) is 4.34. The Morgan fingerprint density at radius 2 is 1.82 bits per heavy atom. The zero-order valence-corrected chi connectivity index (χ0v) is 10.5. The summed E-state index contributed by atoms with van der Waals surface area (Å²) in [5.41, 5.74) is 6.08. The SMILES string of the molecule is Cc1nc(C#N)c(-c2ccc(C)c(C)c2C)[nH]1. The van der Waals surface area contributed by atoms with Crippen LogP contribution >= 0.6 is 0 Å². The van der Waals surface area contributed by atoms with Crippen LogP contribution in [0.1, 0.15) is 28.2 Å². The van der Waals surface area contributed by atoms with Crippen molar-refractivity contribution in [2.45, 2.75) is 27.7 Å². The van der Waals surface area contributed by atoms with E-state index in [1.807, 2.05) is 13.0 Å². The van der Waals surface area contributed by atoms with Crippen LogP contribution in [0.3, 0.4) is 0 Å². The zero-order chi connectivity index (χ0) is 12.6. The van der Waals surface area contributed by atoms with Crippen LogP contribution in [0.5, 0.6) is 0 Å². The number of nitrogens with zero attached hydrogens (tertiary/aromatic N) is 2. The molecule has 0 aliphatic heterocycles. The maximum atomic E-state index is 9.08. The van der Waals surface area contributed by atoms with Crippen molar-refractivity contribution in [3.63, 3.8) is 0 Å². The first-order valence-corrected chi connectivity index (χ1v) is 5.58. The maximum absolute atomic E-state index is 9.08. The monoisotopic (exact) mass is 225 g/mol. The lowest BCUT2D eigenvalue weighted by atomic mass is 9.96. The van der Waals surface area contributed by atoms with Gasteiger partial charge in [0, 0.05) is 5.56 Å². The fourth-order valence-corrected chi connectivity index (χ4v) is 1.99. The van der Waals surface area contributed by atoms with Gasteiger partial charge in [0.2, 0.25) is 0 Å². The Morgan fingerprint density at radius 1 is 1.12 bits per heavy atom. The van der Waals surface area contributed by atoms with Gasteiger partial charge in [-0.25, -0.2) is 4.98 Å². The third kappa shape index (κ3) is 1.83. The minimum atomic E-state index is 0.467. The molecule has 2 rings (SSSR count). The number of H-pyrrole nitrogens is 1. The lowest BCUT2D eigenvalue weighted by Gasteiger charge is -2.09. The summed E-state index contributed by atoms with van der Waals surface area (Å²) in [5, 5.41) is 9.08. The summed E-state index contributed by atoms with van der Waals surface area (Å²) in [5.74, 6) is 0.772. The van der Waals surface area contributed by atoms with Gasteiger partial charge < -0.3 is 4.98 Å². The molecule has 0 aliphatic rings. The standard InChI is InChI=1S/C14H15N3/c1-8-5-6-12(10(3)9(8)2)14-13(7-15)16-11(4)17-14/h5-6H,1-4H3,(H,16,17). The molecule has 0 saturated carbocycles. The number of rotatable bonds is 1. The van der Waals surface area contributed by atoms with Crippen LogP contribution in [0.4, 0.5) is 0 Å². The molecule has 0 fully saturated rings. The normalized spacial score (nSPS) is 10.3. The van der Waals surface area contributed by atoms with Crippen molar-refractivity contribution in [3.8, 4) is 17.3 Å². The van der Waals surface area contributed by atoms with E-state index in [9.17, 15) is 0 Å². The van der Waals surface area contributed by atoms with E-state index in [0.717, 1.165) is 17.1 Å². The van der Waals surface area contributed by atoms with E-state index >= 15 is 0 Å². The molecule has 1 N–H and O–H groups in total. The van der Waals surface area contributed by atoms with Crippen molar-refractivity contribution in [2.24, 2.45) is 0 Å². The Morgan fingerprint density at radius 3 is 2.47 bits per heavy atom. The fraction of sp³-hybridized carbons (Fsp3) is 0.286. The number of nitriles is 1. The van der Waals surface area contributed by atoms with Crippen LogP contribution in [-0.2, 0) is 0 Å². The summed E-state index contributed by atoms with van der Waals surface area (Å²) < 4.78 is 0. The summed E-state index contributed by atoms with van der Waals surface area (Å²) in [4.78, 5) is 7.35. The number of aryl methyl sites for hydroxylation is 2. The van der Waals surface area contributed by atoms with Crippen LogP contribution in [0.2, 0.25) is 0 Å². The van der Waals surface area contributed by atoms with Gasteiger partial charge in [0.25, 0.3) is 0 Å². The topological polar surface area (TPSA) is 52.5 Å². The van der Waals surface area contributed by atoms with E-state index in [1.165, 1.54) is 16.7 Å². The summed E-state index contributed by atoms with van der Waals surface area (Å²) in [6.45, 7) is 8.13. The van der Waals surface area contributed by atoms with E-state index < -0.39 is 0 Å². The molecule has 1 aromatic carbocycles. The lowest BCUT2D eigenvalue weighted by Crippen LogP contribution is -1.92. The molecular formula is C14H15N3. The molecule has 0 bridgehead atoms. The smallest absolute Gasteiger partial charge is 0.166 e. The number of aromatic amines is 1. The number of nitrogens with one attached hydrogen (secondary N) is 1. The van der Waals surface area contributed by atoms with Gasteiger partial charge in [-0.05, 0) is 44.4 Å². The first kappa shape index (κ1) is 11.4. The van der Waals surface area contributed by atoms with Crippen LogP contribution in [0.15, 0.2) is 12.1 Å². The average molecular weight is 225 g/mol. The molecule has 2 aromatic rings. The number of hydrogen-bond acceptors (Lipinski definition) is 2. The molecule has 0 atom stereocenters. The van der Waals surface area contributed by atoms with Crippen molar-refractivity contribution in [3.05, 3.63) is 40.3 Å². The molecule has 1 aromatic heterocycles. The Hall–Kier alpha value is -2.08. The van der Waals surface area contributed by atoms with Gasteiger partial charge in [0.15, 0.2) is 5.69 Å². The third-order valence-corrected chi connectivity index (χ3v) is 3.26. The molecule has 3 heteroatoms. The summed E-state index contributed by atoms with van der Waals surface area (Å²) >= 11 is 0. The van der Waals surface area contributed by atoms with Crippen LogP contribution in [-0.4, -0.2) is 9.97 Å². The quantitative estimate of drug-likeness (QED) is 0.810. The van der Waals surface area contributed by atoms with Gasteiger partial charge in [-0.1, -0.05) is 12.1 Å². The first-order valence-electron chi connectivity index (χ1n) is 5.58. The zero-order valence-electron chi connectivity index (χ0n) is 10.5. The highest BCUT2D eigenvalue weighted by Gasteiger charge is 2.13. The van der Waals surface area contributed by atoms with Crippen LogP contribution < -0.4 is 0 Å². The van der Waals surface area contributed by atoms with Crippen molar-refractivity contribution < 1.29 is 0 Å². The average Bonchev–Trinajstić information content (AvgIpc) is 2.67. The molecule has 0 unspecified atom stereocenters. The predicted molar refractivity (Wildman–Crippen MR) is 67.7 cm³/mol. The number of aromatic nitrogens is 2. The minimum Gasteiger partial charge on any atom is -0.341 e. The molecule has 86 valence electrons. The van der Waals surface area contributed by atoms with Gasteiger partial charge in [0.05, 0.1) is 5.69 Å². The van der Waals surface area contributed by atoms with Gasteiger partial charge in [-0.2, -0.15) is 5.26 Å². The molecule has 0 radical (unpaired) electrons. The summed E-state index contributed by atoms with van der Waals surface area (Å²) in [7, 11) is 0. The van der Waals surface area contributed by atoms with Crippen molar-refractivity contribution >= 4 is 0 Å². The highest BCUT2D eigenvalue weighted by Crippen LogP contribution is 2.28.